The van der Waals surface area contributed by atoms with E-state index in [1.54, 1.807) is 0 Å². The van der Waals surface area contributed by atoms with Crippen molar-refractivity contribution in [2.45, 2.75) is 31.6 Å². The predicted octanol–water partition coefficient (Wildman–Crippen LogP) is 2.30. The van der Waals surface area contributed by atoms with Crippen molar-refractivity contribution in [2.24, 2.45) is 0 Å². The zero-order valence-electron chi connectivity index (χ0n) is 9.84. The molecule has 94 valence electrons. The van der Waals surface area contributed by atoms with Crippen molar-refractivity contribution in [2.75, 3.05) is 13.7 Å². The molecular formula is C13H17FO3. The van der Waals surface area contributed by atoms with Crippen molar-refractivity contribution < 1.29 is 18.6 Å². The summed E-state index contributed by atoms with van der Waals surface area (Å²) in [6.45, 7) is 0.737. The highest BCUT2D eigenvalue weighted by Gasteiger charge is 2.35. The van der Waals surface area contributed by atoms with E-state index in [1.165, 1.54) is 7.11 Å². The highest BCUT2D eigenvalue weighted by Crippen LogP contribution is 2.24. The lowest BCUT2D eigenvalue weighted by molar-refractivity contribution is -0.132. The average molecular weight is 240 g/mol. The minimum absolute atomic E-state index is 0.260. The lowest BCUT2D eigenvalue weighted by Gasteiger charge is -2.13. The Morgan fingerprint density at radius 2 is 2.12 bits per heavy atom. The van der Waals surface area contributed by atoms with E-state index < -0.39 is 18.6 Å². The Balaban J connectivity index is 1.72. The quantitative estimate of drug-likeness (QED) is 0.790. The van der Waals surface area contributed by atoms with Crippen LogP contribution in [-0.2, 0) is 20.8 Å². The first-order valence-corrected chi connectivity index (χ1v) is 5.73. The molecule has 17 heavy (non-hydrogen) atoms. The molecule has 1 aliphatic rings. The molecular weight excluding hydrogens is 223 g/mol. The first-order valence-electron chi connectivity index (χ1n) is 5.73. The molecule has 2 rings (SSSR count). The van der Waals surface area contributed by atoms with Gasteiger partial charge in [0.05, 0.1) is 13.2 Å². The number of ether oxygens (including phenoxy) is 3. The molecule has 1 heterocycles. The van der Waals surface area contributed by atoms with Crippen molar-refractivity contribution in [1.82, 2.24) is 0 Å². The fourth-order valence-electron chi connectivity index (χ4n) is 1.83. The number of hydrogen-bond acceptors (Lipinski definition) is 3. The zero-order valence-corrected chi connectivity index (χ0v) is 9.84. The van der Waals surface area contributed by atoms with Crippen LogP contribution in [0.4, 0.5) is 4.39 Å². The van der Waals surface area contributed by atoms with Crippen LogP contribution in [0.5, 0.6) is 0 Å². The zero-order chi connectivity index (χ0) is 12.1. The van der Waals surface area contributed by atoms with Crippen LogP contribution in [-0.4, -0.2) is 32.3 Å². The summed E-state index contributed by atoms with van der Waals surface area (Å²) in [4.78, 5) is 0. The molecule has 0 aromatic heterocycles. The van der Waals surface area contributed by atoms with Gasteiger partial charge in [-0.25, -0.2) is 4.39 Å². The highest BCUT2D eigenvalue weighted by atomic mass is 19.1. The predicted molar refractivity (Wildman–Crippen MR) is 61.3 cm³/mol. The van der Waals surface area contributed by atoms with E-state index in [2.05, 4.69) is 0 Å². The summed E-state index contributed by atoms with van der Waals surface area (Å²) < 4.78 is 29.2. The van der Waals surface area contributed by atoms with Crippen LogP contribution in [0.2, 0.25) is 0 Å². The second-order valence-electron chi connectivity index (χ2n) is 4.09. The molecule has 4 heteroatoms. The van der Waals surface area contributed by atoms with Crippen molar-refractivity contribution in [3.05, 3.63) is 35.9 Å². The lowest BCUT2D eigenvalue weighted by Crippen LogP contribution is -2.23. The minimum Gasteiger partial charge on any atom is -0.374 e. The van der Waals surface area contributed by atoms with E-state index in [9.17, 15) is 4.39 Å². The lowest BCUT2D eigenvalue weighted by atomic mass is 10.2. The molecule has 1 aromatic carbocycles. The van der Waals surface area contributed by atoms with Crippen LogP contribution in [0.3, 0.4) is 0 Å². The molecule has 3 nitrogen and oxygen atoms in total. The number of alkyl halides is 1. The Kier molecular flexibility index (Phi) is 4.48. The summed E-state index contributed by atoms with van der Waals surface area (Å²) in [5.74, 6) is 0. The van der Waals surface area contributed by atoms with Crippen LogP contribution in [0, 0.1) is 0 Å². The van der Waals surface area contributed by atoms with Crippen molar-refractivity contribution in [3.63, 3.8) is 0 Å². The largest absolute Gasteiger partial charge is 0.374 e. The first-order chi connectivity index (χ1) is 8.29. The maximum atomic E-state index is 13.5. The molecule has 0 bridgehead atoms. The summed E-state index contributed by atoms with van der Waals surface area (Å²) >= 11 is 0. The Morgan fingerprint density at radius 1 is 1.35 bits per heavy atom. The second-order valence-corrected chi connectivity index (χ2v) is 4.09. The number of hydrogen-bond donors (Lipinski definition) is 0. The van der Waals surface area contributed by atoms with Gasteiger partial charge in [0, 0.05) is 13.5 Å². The van der Waals surface area contributed by atoms with Gasteiger partial charge in [-0.3, -0.25) is 0 Å². The van der Waals surface area contributed by atoms with E-state index in [0.717, 1.165) is 5.56 Å². The summed E-state index contributed by atoms with van der Waals surface area (Å²) in [5, 5.41) is 0. The fourth-order valence-corrected chi connectivity index (χ4v) is 1.83. The van der Waals surface area contributed by atoms with Gasteiger partial charge in [-0.15, -0.1) is 0 Å². The van der Waals surface area contributed by atoms with Crippen LogP contribution >= 0.6 is 0 Å². The van der Waals surface area contributed by atoms with Gasteiger partial charge in [-0.2, -0.15) is 0 Å². The minimum atomic E-state index is -1.00. The molecule has 3 atom stereocenters. The number of methoxy groups -OCH3 is 1. The molecule has 0 spiro atoms. The fraction of sp³-hybridized carbons (Fsp3) is 0.538. The third kappa shape index (κ3) is 3.49. The Hall–Kier alpha value is -0.970. The van der Waals surface area contributed by atoms with Crippen molar-refractivity contribution in [1.29, 1.82) is 0 Å². The molecule has 0 aliphatic carbocycles. The van der Waals surface area contributed by atoms with Crippen LogP contribution in [0.25, 0.3) is 0 Å². The van der Waals surface area contributed by atoms with Gasteiger partial charge in [0.1, 0.15) is 12.3 Å². The first kappa shape index (κ1) is 12.5. The van der Waals surface area contributed by atoms with Gasteiger partial charge in [0.15, 0.2) is 6.29 Å². The third-order valence-electron chi connectivity index (χ3n) is 2.80. The Labute approximate surface area is 100 Å². The van der Waals surface area contributed by atoms with Crippen LogP contribution in [0.1, 0.15) is 12.0 Å². The molecule has 1 aliphatic heterocycles. The average Bonchev–Trinajstić information content (AvgIpc) is 2.72. The highest BCUT2D eigenvalue weighted by molar-refractivity contribution is 5.13. The summed E-state index contributed by atoms with van der Waals surface area (Å²) in [6.07, 6.45) is -1.66. The van der Waals surface area contributed by atoms with Gasteiger partial charge in [-0.05, 0) is 5.56 Å². The maximum absolute atomic E-state index is 13.5. The van der Waals surface area contributed by atoms with Gasteiger partial charge in [0.25, 0.3) is 0 Å². The Morgan fingerprint density at radius 3 is 2.76 bits per heavy atom. The smallest absolute Gasteiger partial charge is 0.160 e. The monoisotopic (exact) mass is 240 g/mol. The molecule has 0 amide bonds. The summed E-state index contributed by atoms with van der Waals surface area (Å²) in [6, 6.07) is 9.79. The summed E-state index contributed by atoms with van der Waals surface area (Å²) in [7, 11) is 1.52. The molecule has 1 fully saturated rings. The normalized spacial score (nSPS) is 28.5. The molecule has 0 N–H and O–H groups in total. The number of rotatable bonds is 5. The van der Waals surface area contributed by atoms with Crippen LogP contribution in [0.15, 0.2) is 30.3 Å². The van der Waals surface area contributed by atoms with Gasteiger partial charge in [0.2, 0.25) is 0 Å². The molecule has 0 saturated carbocycles. The number of benzene rings is 1. The second kappa shape index (κ2) is 6.10. The van der Waals surface area contributed by atoms with Crippen LogP contribution < -0.4 is 0 Å². The van der Waals surface area contributed by atoms with E-state index in [4.69, 9.17) is 14.2 Å². The van der Waals surface area contributed by atoms with E-state index in [0.29, 0.717) is 6.61 Å². The Bertz CT molecular complexity index is 331. The molecule has 0 radical (unpaired) electrons. The molecule has 1 saturated heterocycles. The topological polar surface area (TPSA) is 27.7 Å². The van der Waals surface area contributed by atoms with Gasteiger partial charge >= 0.3 is 0 Å². The standard InChI is InChI=1S/C13H17FO3/c1-15-13-7-11(14)12(17-13)9-16-8-10-5-3-2-4-6-10/h2-6,11-13H,7-9H2,1H3/t11-,12-,13+/m1/s1. The molecule has 0 unspecified atom stereocenters. The number of halogens is 1. The van der Waals surface area contributed by atoms with E-state index >= 15 is 0 Å². The third-order valence-corrected chi connectivity index (χ3v) is 2.80. The van der Waals surface area contributed by atoms with Crippen molar-refractivity contribution in [3.8, 4) is 0 Å². The van der Waals surface area contributed by atoms with Crippen molar-refractivity contribution >= 4 is 0 Å². The van der Waals surface area contributed by atoms with Gasteiger partial charge < -0.3 is 14.2 Å². The SMILES string of the molecule is CO[C@@H]1C[C@@H](F)[C@@H](COCc2ccccc2)O1. The van der Waals surface area contributed by atoms with E-state index in [1.807, 2.05) is 30.3 Å². The van der Waals surface area contributed by atoms with Gasteiger partial charge in [-0.1, -0.05) is 30.3 Å². The maximum Gasteiger partial charge on any atom is 0.160 e. The summed E-state index contributed by atoms with van der Waals surface area (Å²) in [5.41, 5.74) is 1.07. The van der Waals surface area contributed by atoms with E-state index in [-0.39, 0.29) is 13.0 Å². The molecule has 1 aromatic rings.